The van der Waals surface area contributed by atoms with Crippen LogP contribution in [0.25, 0.3) is 0 Å². The zero-order valence-corrected chi connectivity index (χ0v) is 13.3. The highest BCUT2D eigenvalue weighted by Gasteiger charge is 1.98. The number of aromatic nitrogens is 1. The molecule has 23 heavy (non-hydrogen) atoms. The molecule has 0 saturated carbocycles. The van der Waals surface area contributed by atoms with Crippen molar-refractivity contribution in [3.63, 3.8) is 0 Å². The molecule has 0 aliphatic carbocycles. The van der Waals surface area contributed by atoms with Gasteiger partial charge in [-0.05, 0) is 24.1 Å². The summed E-state index contributed by atoms with van der Waals surface area (Å²) in [6.45, 7) is 7.43. The van der Waals surface area contributed by atoms with Gasteiger partial charge in [-0.2, -0.15) is 0 Å². The maximum atomic E-state index is 11.7. The van der Waals surface area contributed by atoms with Gasteiger partial charge in [-0.1, -0.05) is 42.5 Å². The number of benzene rings is 1. The fourth-order valence-corrected chi connectivity index (χ4v) is 2.01. The molecular weight excluding hydrogens is 288 g/mol. The van der Waals surface area contributed by atoms with Crippen LogP contribution >= 0.6 is 0 Å². The van der Waals surface area contributed by atoms with Crippen LogP contribution in [0.1, 0.15) is 18.1 Å². The molecule has 3 N–H and O–H groups in total. The van der Waals surface area contributed by atoms with E-state index in [0.717, 1.165) is 16.7 Å². The predicted octanol–water partition coefficient (Wildman–Crippen LogP) is 1.88. The van der Waals surface area contributed by atoms with Gasteiger partial charge >= 0.3 is 0 Å². The first-order valence-electron chi connectivity index (χ1n) is 7.46. The summed E-state index contributed by atoms with van der Waals surface area (Å²) in [4.78, 5) is 16.0. The Morgan fingerprint density at radius 1 is 1.22 bits per heavy atom. The van der Waals surface area contributed by atoms with Crippen LogP contribution in [0.4, 0.5) is 0 Å². The molecule has 120 valence electrons. The van der Waals surface area contributed by atoms with Gasteiger partial charge in [0.25, 0.3) is 5.56 Å². The smallest absolute Gasteiger partial charge is 0.250 e. The van der Waals surface area contributed by atoms with Gasteiger partial charge in [0, 0.05) is 18.8 Å². The van der Waals surface area contributed by atoms with Crippen LogP contribution < -0.4 is 16.6 Å². The molecule has 0 aliphatic rings. The molecule has 0 spiro atoms. The topological polar surface area (TPSA) is 72.4 Å². The van der Waals surface area contributed by atoms with Gasteiger partial charge in [-0.3, -0.25) is 4.79 Å². The van der Waals surface area contributed by atoms with Crippen LogP contribution in [-0.2, 0) is 13.1 Å². The van der Waals surface area contributed by atoms with E-state index >= 15 is 0 Å². The van der Waals surface area contributed by atoms with E-state index in [1.807, 2.05) is 37.3 Å². The Morgan fingerprint density at radius 2 is 1.91 bits per heavy atom. The van der Waals surface area contributed by atoms with Crippen molar-refractivity contribution >= 4 is 5.96 Å². The van der Waals surface area contributed by atoms with E-state index in [-0.39, 0.29) is 5.56 Å². The van der Waals surface area contributed by atoms with Crippen LogP contribution in [0, 0.1) is 0 Å². The second kappa shape index (κ2) is 7.98. The number of nitrogens with one attached hydrogen (secondary N) is 1. The number of hydrogen-bond acceptors (Lipinski definition) is 2. The second-order valence-corrected chi connectivity index (χ2v) is 5.50. The lowest BCUT2D eigenvalue weighted by Gasteiger charge is -2.07. The normalized spacial score (nSPS) is 11.3. The molecule has 0 radical (unpaired) electrons. The summed E-state index contributed by atoms with van der Waals surface area (Å²) in [5, 5.41) is 2.99. The van der Waals surface area contributed by atoms with Crippen molar-refractivity contribution in [3.8, 4) is 0 Å². The number of hydrogen-bond donors (Lipinski definition) is 2. The Bertz CT molecular complexity index is 744. The third-order valence-corrected chi connectivity index (χ3v) is 3.28. The maximum Gasteiger partial charge on any atom is 0.250 e. The number of rotatable bonds is 6. The average Bonchev–Trinajstić information content (AvgIpc) is 2.54. The number of guanidine groups is 1. The number of nitrogens with two attached hydrogens (primary N) is 1. The first-order valence-corrected chi connectivity index (χ1v) is 7.46. The van der Waals surface area contributed by atoms with Gasteiger partial charge in [-0.25, -0.2) is 4.99 Å². The highest BCUT2D eigenvalue weighted by atomic mass is 16.1. The summed E-state index contributed by atoms with van der Waals surface area (Å²) in [5.41, 5.74) is 8.91. The lowest BCUT2D eigenvalue weighted by atomic mass is 10.1. The second-order valence-electron chi connectivity index (χ2n) is 5.50. The van der Waals surface area contributed by atoms with E-state index in [4.69, 9.17) is 5.73 Å². The Labute approximate surface area is 136 Å². The molecule has 2 aromatic rings. The molecule has 0 bridgehead atoms. The molecule has 0 amide bonds. The van der Waals surface area contributed by atoms with E-state index in [1.54, 1.807) is 22.9 Å². The standard InChI is InChI=1S/C18H22N4O/c1-14(2)11-20-18(19)21-12-15-6-8-16(9-7-15)13-22-10-4-3-5-17(22)23/h3-10H,1,11-13H2,2H3,(H3,19,20,21). The molecular formula is C18H22N4O. The summed E-state index contributed by atoms with van der Waals surface area (Å²) in [5.74, 6) is 0.410. The molecule has 5 nitrogen and oxygen atoms in total. The lowest BCUT2D eigenvalue weighted by Crippen LogP contribution is -2.32. The monoisotopic (exact) mass is 310 g/mol. The number of pyridine rings is 1. The third kappa shape index (κ3) is 5.47. The molecule has 0 saturated heterocycles. The Balaban J connectivity index is 1.94. The van der Waals surface area contributed by atoms with Crippen molar-refractivity contribution in [2.45, 2.75) is 20.0 Å². The van der Waals surface area contributed by atoms with Crippen molar-refractivity contribution < 1.29 is 0 Å². The van der Waals surface area contributed by atoms with Crippen molar-refractivity contribution in [3.05, 3.63) is 82.3 Å². The fourth-order valence-electron chi connectivity index (χ4n) is 2.01. The molecule has 1 aromatic carbocycles. The maximum absolute atomic E-state index is 11.7. The minimum Gasteiger partial charge on any atom is -0.370 e. The summed E-state index contributed by atoms with van der Waals surface area (Å²) >= 11 is 0. The van der Waals surface area contributed by atoms with Crippen LogP contribution in [0.2, 0.25) is 0 Å². The van der Waals surface area contributed by atoms with Crippen LogP contribution in [0.3, 0.4) is 0 Å². The largest absolute Gasteiger partial charge is 0.370 e. The zero-order chi connectivity index (χ0) is 16.7. The van der Waals surface area contributed by atoms with E-state index in [1.165, 1.54) is 0 Å². The minimum atomic E-state index is -0.00228. The summed E-state index contributed by atoms with van der Waals surface area (Å²) in [7, 11) is 0. The summed E-state index contributed by atoms with van der Waals surface area (Å²) in [6.07, 6.45) is 1.79. The van der Waals surface area contributed by atoms with Gasteiger partial charge in [0.05, 0.1) is 13.1 Å². The van der Waals surface area contributed by atoms with E-state index < -0.39 is 0 Å². The summed E-state index contributed by atoms with van der Waals surface area (Å²) in [6, 6.07) is 13.2. The van der Waals surface area contributed by atoms with Crippen LogP contribution in [0.5, 0.6) is 0 Å². The van der Waals surface area contributed by atoms with Crippen molar-refractivity contribution in [2.24, 2.45) is 10.7 Å². The van der Waals surface area contributed by atoms with E-state index in [2.05, 4.69) is 16.9 Å². The van der Waals surface area contributed by atoms with Gasteiger partial charge in [0.2, 0.25) is 0 Å². The highest BCUT2D eigenvalue weighted by Crippen LogP contribution is 2.07. The molecule has 5 heteroatoms. The lowest BCUT2D eigenvalue weighted by molar-refractivity contribution is 0.759. The summed E-state index contributed by atoms with van der Waals surface area (Å²) < 4.78 is 1.67. The van der Waals surface area contributed by atoms with Crippen molar-refractivity contribution in [1.29, 1.82) is 0 Å². The Kier molecular flexibility index (Phi) is 5.74. The number of aliphatic imine (C=N–C) groups is 1. The molecule has 0 atom stereocenters. The highest BCUT2D eigenvalue weighted by molar-refractivity contribution is 5.78. The fraction of sp³-hybridized carbons (Fsp3) is 0.222. The van der Waals surface area contributed by atoms with Gasteiger partial charge in [0.15, 0.2) is 5.96 Å². The minimum absolute atomic E-state index is 0.00228. The van der Waals surface area contributed by atoms with Crippen molar-refractivity contribution in [1.82, 2.24) is 9.88 Å². The van der Waals surface area contributed by atoms with Crippen LogP contribution in [0.15, 0.2) is 70.6 Å². The molecule has 2 rings (SSSR count). The molecule has 1 aromatic heterocycles. The third-order valence-electron chi connectivity index (χ3n) is 3.28. The Hall–Kier alpha value is -2.82. The van der Waals surface area contributed by atoms with Crippen LogP contribution in [-0.4, -0.2) is 17.1 Å². The van der Waals surface area contributed by atoms with Crippen molar-refractivity contribution in [2.75, 3.05) is 6.54 Å². The molecule has 0 aliphatic heterocycles. The zero-order valence-electron chi connectivity index (χ0n) is 13.3. The SMILES string of the molecule is C=C(C)CNC(N)=NCc1ccc(Cn2ccccc2=O)cc1. The van der Waals surface area contributed by atoms with Gasteiger partial charge in [-0.15, -0.1) is 0 Å². The number of nitrogens with zero attached hydrogens (tertiary/aromatic N) is 2. The van der Waals surface area contributed by atoms with E-state index in [0.29, 0.717) is 25.6 Å². The first-order chi connectivity index (χ1) is 11.0. The van der Waals surface area contributed by atoms with Gasteiger partial charge in [0.1, 0.15) is 0 Å². The molecule has 0 unspecified atom stereocenters. The predicted molar refractivity (Wildman–Crippen MR) is 94.4 cm³/mol. The van der Waals surface area contributed by atoms with Gasteiger partial charge < -0.3 is 15.6 Å². The quantitative estimate of drug-likeness (QED) is 0.486. The van der Waals surface area contributed by atoms with E-state index in [9.17, 15) is 4.79 Å². The molecule has 1 heterocycles. The Morgan fingerprint density at radius 3 is 2.57 bits per heavy atom. The molecule has 0 fully saturated rings. The average molecular weight is 310 g/mol. The first kappa shape index (κ1) is 16.5.